The molecule has 0 aliphatic rings. The van der Waals surface area contributed by atoms with Crippen molar-refractivity contribution in [2.45, 2.75) is 18.1 Å². The average molecular weight is 295 g/mol. The van der Waals surface area contributed by atoms with Crippen LogP contribution in [0.2, 0.25) is 10.0 Å². The lowest BCUT2D eigenvalue weighted by Crippen LogP contribution is -2.46. The molecular formula is C8H5Cl2F5N2. The van der Waals surface area contributed by atoms with Gasteiger partial charge in [-0.25, -0.2) is 0 Å². The molecule has 0 aliphatic heterocycles. The second-order valence-corrected chi connectivity index (χ2v) is 3.93. The fourth-order valence-corrected chi connectivity index (χ4v) is 1.68. The van der Waals surface area contributed by atoms with Crippen molar-refractivity contribution in [3.63, 3.8) is 0 Å². The number of hydrogen-bond donors (Lipinski definition) is 1. The van der Waals surface area contributed by atoms with E-state index in [-0.39, 0.29) is 0 Å². The molecule has 2 N–H and O–H groups in total. The van der Waals surface area contributed by atoms with Crippen molar-refractivity contribution in [1.29, 1.82) is 0 Å². The van der Waals surface area contributed by atoms with E-state index in [9.17, 15) is 22.0 Å². The summed E-state index contributed by atoms with van der Waals surface area (Å²) in [5.41, 5.74) is 4.20. The molecule has 1 atom stereocenters. The third-order valence-corrected chi connectivity index (χ3v) is 2.57. The summed E-state index contributed by atoms with van der Waals surface area (Å²) in [6, 6.07) is -2.69. The molecule has 0 aliphatic carbocycles. The Labute approximate surface area is 103 Å². The highest BCUT2D eigenvalue weighted by Crippen LogP contribution is 2.45. The maximum absolute atomic E-state index is 13.0. The van der Waals surface area contributed by atoms with Crippen LogP contribution in [0, 0.1) is 0 Å². The van der Waals surface area contributed by atoms with Crippen LogP contribution in [-0.2, 0) is 0 Å². The van der Waals surface area contributed by atoms with Gasteiger partial charge in [0.25, 0.3) is 0 Å². The molecule has 17 heavy (non-hydrogen) atoms. The van der Waals surface area contributed by atoms with Gasteiger partial charge in [-0.2, -0.15) is 22.0 Å². The van der Waals surface area contributed by atoms with Crippen molar-refractivity contribution in [3.05, 3.63) is 28.0 Å². The molecule has 2 nitrogen and oxygen atoms in total. The van der Waals surface area contributed by atoms with E-state index >= 15 is 0 Å². The third kappa shape index (κ3) is 2.61. The van der Waals surface area contributed by atoms with Gasteiger partial charge >= 0.3 is 12.1 Å². The molecule has 0 unspecified atom stereocenters. The Morgan fingerprint density at radius 3 is 1.82 bits per heavy atom. The van der Waals surface area contributed by atoms with Crippen LogP contribution < -0.4 is 5.73 Å². The van der Waals surface area contributed by atoms with E-state index in [0.717, 1.165) is 12.4 Å². The molecule has 0 radical (unpaired) electrons. The average Bonchev–Trinajstić information content (AvgIpc) is 2.15. The minimum atomic E-state index is -5.79. The molecule has 1 aromatic heterocycles. The standard InChI is InChI=1S/C8H5Cl2F5N2/c9-3-1-17-2-4(10)5(3)6(16)7(11,12)8(13,14)15/h1-2,6H,16H2/t6-/m0/s1. The Morgan fingerprint density at radius 2 is 1.47 bits per heavy atom. The summed E-state index contributed by atoms with van der Waals surface area (Å²) in [6.07, 6.45) is -4.02. The number of nitrogens with two attached hydrogens (primary N) is 1. The monoisotopic (exact) mass is 294 g/mol. The Kier molecular flexibility index (Phi) is 3.85. The molecule has 0 spiro atoms. The highest BCUT2D eigenvalue weighted by atomic mass is 35.5. The van der Waals surface area contributed by atoms with E-state index in [0.29, 0.717) is 0 Å². The van der Waals surface area contributed by atoms with Crippen LogP contribution in [0.15, 0.2) is 12.4 Å². The van der Waals surface area contributed by atoms with E-state index in [1.807, 2.05) is 0 Å². The maximum atomic E-state index is 13.0. The van der Waals surface area contributed by atoms with Gasteiger partial charge in [-0.3, -0.25) is 4.98 Å². The van der Waals surface area contributed by atoms with Crippen molar-refractivity contribution in [2.24, 2.45) is 5.73 Å². The van der Waals surface area contributed by atoms with Crippen LogP contribution in [0.1, 0.15) is 11.6 Å². The predicted octanol–water partition coefficient (Wildman–Crippen LogP) is 3.59. The quantitative estimate of drug-likeness (QED) is 0.847. The van der Waals surface area contributed by atoms with Gasteiger partial charge in [0.1, 0.15) is 6.04 Å². The van der Waals surface area contributed by atoms with Crippen molar-refractivity contribution >= 4 is 23.2 Å². The lowest BCUT2D eigenvalue weighted by molar-refractivity contribution is -0.290. The van der Waals surface area contributed by atoms with E-state index in [2.05, 4.69) is 4.98 Å². The number of alkyl halides is 5. The van der Waals surface area contributed by atoms with Crippen LogP contribution in [0.3, 0.4) is 0 Å². The minimum Gasteiger partial charge on any atom is -0.319 e. The summed E-state index contributed by atoms with van der Waals surface area (Å²) >= 11 is 10.9. The molecule has 0 amide bonds. The Morgan fingerprint density at radius 1 is 1.06 bits per heavy atom. The number of rotatable bonds is 2. The molecule has 0 saturated carbocycles. The Balaban J connectivity index is 3.26. The van der Waals surface area contributed by atoms with E-state index < -0.39 is 33.7 Å². The van der Waals surface area contributed by atoms with Gasteiger partial charge in [-0.05, 0) is 0 Å². The summed E-state index contributed by atoms with van der Waals surface area (Å²) in [7, 11) is 0. The van der Waals surface area contributed by atoms with Gasteiger partial charge < -0.3 is 5.73 Å². The summed E-state index contributed by atoms with van der Waals surface area (Å²) in [5, 5.41) is -0.900. The van der Waals surface area contributed by atoms with Crippen LogP contribution in [0.4, 0.5) is 22.0 Å². The zero-order chi connectivity index (χ0) is 13.4. The molecule has 0 aromatic carbocycles. The number of nitrogens with zero attached hydrogens (tertiary/aromatic N) is 1. The lowest BCUT2D eigenvalue weighted by atomic mass is 10.0. The van der Waals surface area contributed by atoms with Crippen LogP contribution in [-0.4, -0.2) is 17.1 Å². The largest absolute Gasteiger partial charge is 0.455 e. The molecule has 0 saturated heterocycles. The van der Waals surface area contributed by atoms with Gasteiger partial charge in [0, 0.05) is 18.0 Å². The van der Waals surface area contributed by atoms with Gasteiger partial charge in [-0.1, -0.05) is 23.2 Å². The van der Waals surface area contributed by atoms with E-state index in [1.165, 1.54) is 0 Å². The van der Waals surface area contributed by atoms with Crippen LogP contribution in [0.5, 0.6) is 0 Å². The smallest absolute Gasteiger partial charge is 0.319 e. The van der Waals surface area contributed by atoms with Crippen molar-refractivity contribution < 1.29 is 22.0 Å². The first-order valence-electron chi connectivity index (χ1n) is 4.08. The zero-order valence-corrected chi connectivity index (χ0v) is 9.41. The normalized spacial score (nSPS) is 14.8. The second kappa shape index (κ2) is 4.55. The molecule has 1 rings (SSSR count). The number of halogens is 7. The first-order valence-corrected chi connectivity index (χ1v) is 4.83. The Hall–Kier alpha value is -0.660. The van der Waals surface area contributed by atoms with Crippen LogP contribution in [0.25, 0.3) is 0 Å². The zero-order valence-electron chi connectivity index (χ0n) is 7.90. The molecule has 1 heterocycles. The SMILES string of the molecule is N[C@@H](c1c(Cl)cncc1Cl)C(F)(F)C(F)(F)F. The predicted molar refractivity (Wildman–Crippen MR) is 52.2 cm³/mol. The van der Waals surface area contributed by atoms with Crippen molar-refractivity contribution in [2.75, 3.05) is 0 Å². The molecule has 0 fully saturated rings. The fraction of sp³-hybridized carbons (Fsp3) is 0.375. The number of aromatic nitrogens is 1. The fourth-order valence-electron chi connectivity index (χ4n) is 1.08. The van der Waals surface area contributed by atoms with Gasteiger partial charge in [0.05, 0.1) is 10.0 Å². The molecular weight excluding hydrogens is 290 g/mol. The minimum absolute atomic E-state index is 0.450. The topological polar surface area (TPSA) is 38.9 Å². The summed E-state index contributed by atoms with van der Waals surface area (Å²) in [5.74, 6) is -5.14. The molecule has 0 bridgehead atoms. The van der Waals surface area contributed by atoms with Gasteiger partial charge in [0.15, 0.2) is 0 Å². The van der Waals surface area contributed by atoms with Gasteiger partial charge in [-0.15, -0.1) is 0 Å². The number of pyridine rings is 1. The first kappa shape index (κ1) is 14.4. The lowest BCUT2D eigenvalue weighted by Gasteiger charge is -2.26. The van der Waals surface area contributed by atoms with Crippen LogP contribution >= 0.6 is 23.2 Å². The Bertz CT molecular complexity index is 401. The molecule has 9 heteroatoms. The van der Waals surface area contributed by atoms with Gasteiger partial charge in [0.2, 0.25) is 0 Å². The maximum Gasteiger partial charge on any atom is 0.455 e. The summed E-state index contributed by atoms with van der Waals surface area (Å²) in [6.45, 7) is 0. The summed E-state index contributed by atoms with van der Waals surface area (Å²) in [4.78, 5) is 3.43. The molecule has 1 aromatic rings. The highest BCUT2D eigenvalue weighted by Gasteiger charge is 2.62. The van der Waals surface area contributed by atoms with E-state index in [1.54, 1.807) is 0 Å². The highest BCUT2D eigenvalue weighted by molar-refractivity contribution is 6.35. The second-order valence-electron chi connectivity index (χ2n) is 3.12. The molecule has 96 valence electrons. The summed E-state index contributed by atoms with van der Waals surface area (Å²) < 4.78 is 62.3. The first-order chi connectivity index (χ1) is 7.59. The van der Waals surface area contributed by atoms with Crippen molar-refractivity contribution in [3.8, 4) is 0 Å². The van der Waals surface area contributed by atoms with E-state index in [4.69, 9.17) is 28.9 Å². The third-order valence-electron chi connectivity index (χ3n) is 1.97. The number of hydrogen-bond acceptors (Lipinski definition) is 2. The van der Waals surface area contributed by atoms with Crippen molar-refractivity contribution in [1.82, 2.24) is 4.98 Å².